The molecule has 0 spiro atoms. The lowest BCUT2D eigenvalue weighted by Gasteiger charge is -2.21. The van der Waals surface area contributed by atoms with Crippen LogP contribution >= 0.6 is 0 Å². The van der Waals surface area contributed by atoms with Crippen molar-refractivity contribution in [1.82, 2.24) is 4.90 Å². The third kappa shape index (κ3) is 3.85. The average molecular weight is 276 g/mol. The van der Waals surface area contributed by atoms with E-state index in [1.54, 1.807) is 17.0 Å². The van der Waals surface area contributed by atoms with Crippen LogP contribution in [0.1, 0.15) is 34.1 Å². The van der Waals surface area contributed by atoms with E-state index in [-0.39, 0.29) is 11.5 Å². The predicted molar refractivity (Wildman–Crippen MR) is 77.9 cm³/mol. The highest BCUT2D eigenvalue weighted by Gasteiger charge is 2.16. The van der Waals surface area contributed by atoms with Gasteiger partial charge in [0, 0.05) is 24.2 Å². The molecule has 0 aromatic heterocycles. The fraction of sp³-hybridized carbons (Fsp3) is 0.333. The molecule has 0 saturated heterocycles. The van der Waals surface area contributed by atoms with Gasteiger partial charge in [-0.3, -0.25) is 9.59 Å². The first-order valence-corrected chi connectivity index (χ1v) is 6.42. The predicted octanol–water partition coefficient (Wildman–Crippen LogP) is 1.83. The first kappa shape index (κ1) is 15.8. The summed E-state index contributed by atoms with van der Waals surface area (Å²) in [7, 11) is 1.47. The smallest absolute Gasteiger partial charge is 0.254 e. The molecule has 0 radical (unpaired) electrons. The Kier molecular flexibility index (Phi) is 5.77. The minimum absolute atomic E-state index is 0.173. The molecule has 2 N–H and O–H groups in total. The summed E-state index contributed by atoms with van der Waals surface area (Å²) in [5, 5.41) is 0. The zero-order valence-electron chi connectivity index (χ0n) is 11.9. The maximum Gasteiger partial charge on any atom is 0.254 e. The highest BCUT2D eigenvalue weighted by Crippen LogP contribution is 2.18. The minimum Gasteiger partial charge on any atom is -0.497 e. The highest BCUT2D eigenvalue weighted by molar-refractivity contribution is 5.99. The van der Waals surface area contributed by atoms with E-state index in [0.29, 0.717) is 24.4 Å². The number of nitrogens with two attached hydrogens (primary N) is 1. The van der Waals surface area contributed by atoms with Crippen LogP contribution < -0.4 is 10.5 Å². The summed E-state index contributed by atoms with van der Waals surface area (Å²) in [5.74, 6) is -0.337. The van der Waals surface area contributed by atoms with Gasteiger partial charge in [0.15, 0.2) is 0 Å². The number of hydrogen-bond donors (Lipinski definition) is 1. The Morgan fingerprint density at radius 1 is 1.35 bits per heavy atom. The lowest BCUT2D eigenvalue weighted by Crippen LogP contribution is -2.32. The molecule has 5 nitrogen and oxygen atoms in total. The second-order valence-corrected chi connectivity index (χ2v) is 4.35. The van der Waals surface area contributed by atoms with Crippen molar-refractivity contribution in [3.63, 3.8) is 0 Å². The van der Waals surface area contributed by atoms with E-state index in [9.17, 15) is 9.59 Å². The molecule has 0 aliphatic carbocycles. The second-order valence-electron chi connectivity index (χ2n) is 4.35. The second kappa shape index (κ2) is 7.33. The molecule has 0 fully saturated rings. The normalized spacial score (nSPS) is 9.90. The quantitative estimate of drug-likeness (QED) is 0.772. The van der Waals surface area contributed by atoms with E-state index < -0.39 is 5.91 Å². The van der Waals surface area contributed by atoms with Gasteiger partial charge in [0.2, 0.25) is 5.91 Å². The summed E-state index contributed by atoms with van der Waals surface area (Å²) in [6, 6.07) is 4.59. The van der Waals surface area contributed by atoms with Crippen molar-refractivity contribution in [2.45, 2.75) is 13.3 Å². The number of benzene rings is 1. The molecule has 5 heteroatoms. The van der Waals surface area contributed by atoms with Crippen molar-refractivity contribution in [1.29, 1.82) is 0 Å². The van der Waals surface area contributed by atoms with E-state index in [1.165, 1.54) is 19.2 Å². The maximum atomic E-state index is 12.4. The summed E-state index contributed by atoms with van der Waals surface area (Å²) in [6.45, 7) is 6.71. The van der Waals surface area contributed by atoms with Crippen LogP contribution in [0.5, 0.6) is 5.75 Å². The summed E-state index contributed by atoms with van der Waals surface area (Å²) in [4.78, 5) is 25.4. The van der Waals surface area contributed by atoms with Gasteiger partial charge in [-0.15, -0.1) is 6.58 Å². The molecule has 108 valence electrons. The van der Waals surface area contributed by atoms with Crippen LogP contribution in [0, 0.1) is 0 Å². The largest absolute Gasteiger partial charge is 0.497 e. The van der Waals surface area contributed by atoms with Gasteiger partial charge in [-0.05, 0) is 24.6 Å². The maximum absolute atomic E-state index is 12.4. The van der Waals surface area contributed by atoms with Crippen molar-refractivity contribution in [2.24, 2.45) is 5.73 Å². The van der Waals surface area contributed by atoms with E-state index in [1.807, 2.05) is 6.92 Å². The molecule has 0 aliphatic heterocycles. The zero-order valence-corrected chi connectivity index (χ0v) is 11.9. The Hall–Kier alpha value is -2.30. The van der Waals surface area contributed by atoms with Crippen LogP contribution in [0.2, 0.25) is 0 Å². The van der Waals surface area contributed by atoms with Crippen molar-refractivity contribution in [3.05, 3.63) is 42.0 Å². The zero-order chi connectivity index (χ0) is 15.1. The van der Waals surface area contributed by atoms with Crippen LogP contribution in [0.4, 0.5) is 0 Å². The van der Waals surface area contributed by atoms with Gasteiger partial charge in [-0.2, -0.15) is 0 Å². The van der Waals surface area contributed by atoms with Crippen molar-refractivity contribution < 1.29 is 14.3 Å². The molecule has 0 saturated carbocycles. The molecule has 0 aliphatic rings. The molecule has 0 atom stereocenters. The Morgan fingerprint density at radius 2 is 2.00 bits per heavy atom. The van der Waals surface area contributed by atoms with E-state index >= 15 is 0 Å². The molecule has 0 bridgehead atoms. The van der Waals surface area contributed by atoms with Gasteiger partial charge in [0.05, 0.1) is 7.11 Å². The summed E-state index contributed by atoms with van der Waals surface area (Å²) in [5.41, 5.74) is 5.90. The molecule has 20 heavy (non-hydrogen) atoms. The molecule has 0 heterocycles. The number of rotatable bonds is 7. The van der Waals surface area contributed by atoms with Crippen LogP contribution in [-0.2, 0) is 0 Å². The van der Waals surface area contributed by atoms with Crippen LogP contribution in [0.15, 0.2) is 30.9 Å². The average Bonchev–Trinajstić information content (AvgIpc) is 2.45. The van der Waals surface area contributed by atoms with Gasteiger partial charge < -0.3 is 15.4 Å². The Balaban J connectivity index is 3.15. The van der Waals surface area contributed by atoms with Gasteiger partial charge in [0.1, 0.15) is 5.75 Å². The third-order valence-corrected chi connectivity index (χ3v) is 2.80. The van der Waals surface area contributed by atoms with Gasteiger partial charge in [-0.25, -0.2) is 0 Å². The number of nitrogens with zero attached hydrogens (tertiary/aromatic N) is 1. The van der Waals surface area contributed by atoms with E-state index in [2.05, 4.69) is 6.58 Å². The number of methoxy groups -OCH3 is 1. The van der Waals surface area contributed by atoms with Crippen LogP contribution in [-0.4, -0.2) is 36.9 Å². The molecule has 1 aromatic carbocycles. The van der Waals surface area contributed by atoms with Crippen LogP contribution in [0.3, 0.4) is 0 Å². The number of hydrogen-bond acceptors (Lipinski definition) is 3. The minimum atomic E-state index is -0.594. The Labute approximate surface area is 119 Å². The molecule has 0 unspecified atom stereocenters. The number of carbonyl (C=O) groups excluding carboxylic acids is 2. The molecule has 1 aromatic rings. The topological polar surface area (TPSA) is 72.6 Å². The number of ether oxygens (including phenoxy) is 1. The first-order valence-electron chi connectivity index (χ1n) is 6.42. The lowest BCUT2D eigenvalue weighted by atomic mass is 10.1. The number of amides is 2. The first-order chi connectivity index (χ1) is 9.53. The lowest BCUT2D eigenvalue weighted by molar-refractivity contribution is 0.0773. The number of primary amides is 1. The van der Waals surface area contributed by atoms with Gasteiger partial charge in [-0.1, -0.05) is 13.0 Å². The van der Waals surface area contributed by atoms with E-state index in [0.717, 1.165) is 6.42 Å². The SMILES string of the molecule is C=CCN(CCC)C(=O)c1cc(OC)cc(C(N)=O)c1. The monoisotopic (exact) mass is 276 g/mol. The van der Waals surface area contributed by atoms with Crippen LogP contribution in [0.25, 0.3) is 0 Å². The molecule has 2 amide bonds. The Bertz CT molecular complexity index is 512. The fourth-order valence-electron chi connectivity index (χ4n) is 1.87. The summed E-state index contributed by atoms with van der Waals surface area (Å²) < 4.78 is 5.10. The fourth-order valence-corrected chi connectivity index (χ4v) is 1.87. The molecular weight excluding hydrogens is 256 g/mol. The highest BCUT2D eigenvalue weighted by atomic mass is 16.5. The molecular formula is C15H20N2O3. The van der Waals surface area contributed by atoms with Crippen molar-refractivity contribution in [2.75, 3.05) is 20.2 Å². The summed E-state index contributed by atoms with van der Waals surface area (Å²) >= 11 is 0. The third-order valence-electron chi connectivity index (χ3n) is 2.80. The molecule has 1 rings (SSSR count). The summed E-state index contributed by atoms with van der Waals surface area (Å²) in [6.07, 6.45) is 2.51. The number of carbonyl (C=O) groups is 2. The van der Waals surface area contributed by atoms with Gasteiger partial charge in [0.25, 0.3) is 5.91 Å². The Morgan fingerprint density at radius 3 is 2.50 bits per heavy atom. The van der Waals surface area contributed by atoms with E-state index in [4.69, 9.17) is 10.5 Å². The van der Waals surface area contributed by atoms with Gasteiger partial charge >= 0.3 is 0 Å². The van der Waals surface area contributed by atoms with Crippen molar-refractivity contribution in [3.8, 4) is 5.75 Å². The standard InChI is InChI=1S/C15H20N2O3/c1-4-6-17(7-5-2)15(19)12-8-11(14(16)18)9-13(10-12)20-3/h4,8-10H,1,5-7H2,2-3H3,(H2,16,18). The van der Waals surface area contributed by atoms with Crippen molar-refractivity contribution >= 4 is 11.8 Å².